The van der Waals surface area contributed by atoms with E-state index in [0.717, 1.165) is 0 Å². The first-order valence-electron chi connectivity index (χ1n) is 5.59. The van der Waals surface area contributed by atoms with Gasteiger partial charge in [0.15, 0.2) is 0 Å². The molecule has 1 amide bonds. The molecule has 0 aromatic carbocycles. The number of hydrogen-bond donors (Lipinski definition) is 2. The average molecular weight is 227 g/mol. The van der Waals surface area contributed by atoms with Crippen LogP contribution in [0.5, 0.6) is 0 Å². The second kappa shape index (κ2) is 4.39. The molecule has 0 aromatic rings. The number of nitrogens with one attached hydrogen (secondary N) is 2. The van der Waals surface area contributed by atoms with E-state index in [1.165, 1.54) is 0 Å². The van der Waals surface area contributed by atoms with E-state index in [2.05, 4.69) is 10.7 Å². The molecule has 0 spiro atoms. The lowest BCUT2D eigenvalue weighted by molar-refractivity contribution is -0.148. The van der Waals surface area contributed by atoms with Crippen LogP contribution in [0.15, 0.2) is 0 Å². The van der Waals surface area contributed by atoms with Crippen LogP contribution in [0.25, 0.3) is 0 Å². The monoisotopic (exact) mass is 227 g/mol. The molecular weight excluding hydrogens is 210 g/mol. The summed E-state index contributed by atoms with van der Waals surface area (Å²) in [6.45, 7) is 5.05. The first-order chi connectivity index (χ1) is 7.65. The Kier molecular flexibility index (Phi) is 3.11. The summed E-state index contributed by atoms with van der Waals surface area (Å²) >= 11 is 0. The molecule has 6 nitrogen and oxygen atoms in total. The van der Waals surface area contributed by atoms with E-state index in [4.69, 9.17) is 4.74 Å². The number of amides is 1. The Labute approximate surface area is 94.3 Å². The predicted octanol–water partition coefficient (Wildman–Crippen LogP) is -0.922. The minimum absolute atomic E-state index is 0.0157. The highest BCUT2D eigenvalue weighted by Crippen LogP contribution is 2.30. The van der Waals surface area contributed by atoms with Gasteiger partial charge in [-0.2, -0.15) is 0 Å². The minimum Gasteiger partial charge on any atom is -0.466 e. The number of hydrazine groups is 1. The fourth-order valence-electron chi connectivity index (χ4n) is 2.41. The van der Waals surface area contributed by atoms with Gasteiger partial charge in [-0.05, 0) is 12.8 Å². The lowest BCUT2D eigenvalue weighted by atomic mass is 9.92. The Morgan fingerprint density at radius 3 is 3.00 bits per heavy atom. The zero-order valence-corrected chi connectivity index (χ0v) is 9.53. The van der Waals surface area contributed by atoms with E-state index in [1.807, 2.05) is 11.9 Å². The average Bonchev–Trinajstić information content (AvgIpc) is 2.58. The molecule has 90 valence electrons. The van der Waals surface area contributed by atoms with Gasteiger partial charge in [0.2, 0.25) is 5.91 Å². The van der Waals surface area contributed by atoms with Crippen LogP contribution in [0.1, 0.15) is 13.8 Å². The van der Waals surface area contributed by atoms with Crippen molar-refractivity contribution in [2.45, 2.75) is 19.9 Å². The zero-order chi connectivity index (χ0) is 11.7. The summed E-state index contributed by atoms with van der Waals surface area (Å²) < 4.78 is 5.01. The molecule has 3 atom stereocenters. The van der Waals surface area contributed by atoms with Gasteiger partial charge in [0.05, 0.1) is 19.2 Å². The minimum atomic E-state index is -0.261. The second-order valence-corrected chi connectivity index (χ2v) is 4.19. The number of nitrogens with zero attached hydrogens (tertiary/aromatic N) is 1. The number of carbonyl (C=O) groups excluding carboxylic acids is 2. The molecule has 2 N–H and O–H groups in total. The molecule has 6 heteroatoms. The fourth-order valence-corrected chi connectivity index (χ4v) is 2.41. The van der Waals surface area contributed by atoms with E-state index in [1.54, 1.807) is 6.92 Å². The van der Waals surface area contributed by atoms with Gasteiger partial charge in [-0.25, -0.2) is 10.4 Å². The highest BCUT2D eigenvalue weighted by Gasteiger charge is 2.48. The molecule has 0 saturated carbocycles. The molecule has 2 rings (SSSR count). The third-order valence-corrected chi connectivity index (χ3v) is 3.26. The van der Waals surface area contributed by atoms with Gasteiger partial charge in [-0.1, -0.05) is 6.92 Å². The maximum absolute atomic E-state index is 11.7. The number of fused-ring (bicyclic) bond motifs is 1. The summed E-state index contributed by atoms with van der Waals surface area (Å²) in [7, 11) is 0. The molecule has 16 heavy (non-hydrogen) atoms. The molecule has 0 aliphatic carbocycles. The second-order valence-electron chi connectivity index (χ2n) is 4.19. The maximum Gasteiger partial charge on any atom is 0.310 e. The van der Waals surface area contributed by atoms with Crippen molar-refractivity contribution in [2.75, 3.05) is 19.8 Å². The largest absolute Gasteiger partial charge is 0.466 e. The number of carbonyl (C=O) groups is 2. The number of ether oxygens (including phenoxy) is 1. The van der Waals surface area contributed by atoms with Crippen molar-refractivity contribution in [3.8, 4) is 0 Å². The van der Waals surface area contributed by atoms with Crippen LogP contribution in [-0.4, -0.2) is 42.7 Å². The number of rotatable bonds is 2. The van der Waals surface area contributed by atoms with E-state index in [-0.39, 0.29) is 29.8 Å². The Balaban J connectivity index is 2.09. The zero-order valence-electron chi connectivity index (χ0n) is 9.53. The summed E-state index contributed by atoms with van der Waals surface area (Å²) in [4.78, 5) is 23.4. The van der Waals surface area contributed by atoms with Gasteiger partial charge < -0.3 is 10.1 Å². The Bertz CT molecular complexity index is 308. The molecule has 2 aliphatic heterocycles. The van der Waals surface area contributed by atoms with Gasteiger partial charge >= 0.3 is 5.97 Å². The smallest absolute Gasteiger partial charge is 0.310 e. The van der Waals surface area contributed by atoms with Crippen LogP contribution in [0.2, 0.25) is 0 Å². The molecule has 2 saturated heterocycles. The van der Waals surface area contributed by atoms with E-state index < -0.39 is 0 Å². The van der Waals surface area contributed by atoms with Crippen molar-refractivity contribution in [3.05, 3.63) is 0 Å². The van der Waals surface area contributed by atoms with Crippen LogP contribution >= 0.6 is 0 Å². The first kappa shape index (κ1) is 11.3. The maximum atomic E-state index is 11.7. The number of hydrogen-bond acceptors (Lipinski definition) is 5. The van der Waals surface area contributed by atoms with Gasteiger partial charge in [-0.3, -0.25) is 9.59 Å². The van der Waals surface area contributed by atoms with Crippen molar-refractivity contribution >= 4 is 11.9 Å². The summed E-state index contributed by atoms with van der Waals surface area (Å²) in [5.74, 6) is -0.467. The number of esters is 1. The SMILES string of the molecule is CCOC(=O)C1CN2NCNC(=O)C2C1C. The van der Waals surface area contributed by atoms with Crippen molar-refractivity contribution in [1.29, 1.82) is 0 Å². The quantitative estimate of drug-likeness (QED) is 0.597. The molecule has 2 fully saturated rings. The Morgan fingerprint density at radius 2 is 2.38 bits per heavy atom. The molecule has 2 aliphatic rings. The van der Waals surface area contributed by atoms with Crippen LogP contribution < -0.4 is 10.7 Å². The van der Waals surface area contributed by atoms with E-state index in [0.29, 0.717) is 19.8 Å². The normalized spacial score (nSPS) is 34.4. The van der Waals surface area contributed by atoms with Crippen molar-refractivity contribution in [2.24, 2.45) is 11.8 Å². The lowest BCUT2D eigenvalue weighted by Gasteiger charge is -2.31. The molecule has 0 radical (unpaired) electrons. The van der Waals surface area contributed by atoms with Crippen molar-refractivity contribution in [3.63, 3.8) is 0 Å². The summed E-state index contributed by atoms with van der Waals surface area (Å²) in [6.07, 6.45) is 0. The fraction of sp³-hybridized carbons (Fsp3) is 0.800. The standard InChI is InChI=1S/C10H17N3O3/c1-3-16-10(15)7-4-13-8(6(7)2)9(14)11-5-12-13/h6-8,12H,3-5H2,1-2H3,(H,11,14). The van der Waals surface area contributed by atoms with Crippen LogP contribution in [0.3, 0.4) is 0 Å². The third kappa shape index (κ3) is 1.78. The predicted molar refractivity (Wildman–Crippen MR) is 55.9 cm³/mol. The van der Waals surface area contributed by atoms with Crippen LogP contribution in [0.4, 0.5) is 0 Å². The van der Waals surface area contributed by atoms with Crippen molar-refractivity contribution in [1.82, 2.24) is 15.8 Å². The first-order valence-corrected chi connectivity index (χ1v) is 5.59. The van der Waals surface area contributed by atoms with Gasteiger partial charge in [0.1, 0.15) is 6.04 Å². The summed E-state index contributed by atoms with van der Waals surface area (Å²) in [5, 5.41) is 4.57. The van der Waals surface area contributed by atoms with Gasteiger partial charge in [0.25, 0.3) is 0 Å². The Morgan fingerprint density at radius 1 is 1.62 bits per heavy atom. The topological polar surface area (TPSA) is 70.7 Å². The molecule has 0 aromatic heterocycles. The molecule has 3 unspecified atom stereocenters. The molecule has 2 heterocycles. The highest BCUT2D eigenvalue weighted by molar-refractivity contribution is 5.85. The van der Waals surface area contributed by atoms with E-state index >= 15 is 0 Å². The third-order valence-electron chi connectivity index (χ3n) is 3.26. The van der Waals surface area contributed by atoms with Crippen LogP contribution in [-0.2, 0) is 14.3 Å². The summed E-state index contributed by atoms with van der Waals surface area (Å²) in [6, 6.07) is -0.261. The van der Waals surface area contributed by atoms with Gasteiger partial charge in [-0.15, -0.1) is 0 Å². The molecular formula is C10H17N3O3. The summed E-state index contributed by atoms with van der Waals surface area (Å²) in [5.41, 5.74) is 3.06. The van der Waals surface area contributed by atoms with Crippen LogP contribution in [0, 0.1) is 11.8 Å². The lowest BCUT2D eigenvalue weighted by Crippen LogP contribution is -2.60. The molecule has 0 bridgehead atoms. The highest BCUT2D eigenvalue weighted by atomic mass is 16.5. The van der Waals surface area contributed by atoms with Crippen molar-refractivity contribution < 1.29 is 14.3 Å². The van der Waals surface area contributed by atoms with Gasteiger partial charge in [0, 0.05) is 6.54 Å². The van der Waals surface area contributed by atoms with E-state index in [9.17, 15) is 9.59 Å². The Hall–Kier alpha value is -1.14.